The van der Waals surface area contributed by atoms with Crippen LogP contribution in [0.1, 0.15) is 15.9 Å². The Morgan fingerprint density at radius 3 is 2.25 bits per heavy atom. The Balaban J connectivity index is 2.29. The number of halogens is 1. The molecule has 0 spiro atoms. The van der Waals surface area contributed by atoms with Gasteiger partial charge in [-0.1, -0.05) is 23.7 Å². The van der Waals surface area contributed by atoms with E-state index in [4.69, 9.17) is 25.8 Å². The number of methoxy groups -OCH3 is 3. The second-order valence-electron chi connectivity index (χ2n) is 4.82. The number of carbonyl (C=O) groups is 1. The Kier molecular flexibility index (Phi) is 5.71. The van der Waals surface area contributed by atoms with Gasteiger partial charge >= 0.3 is 0 Å². The topological polar surface area (TPSA) is 65.0 Å². The number of ether oxygens (including phenoxy) is 3. The molecule has 2 aromatic carbocycles. The summed E-state index contributed by atoms with van der Waals surface area (Å²) in [4.78, 5) is 12.4. The van der Waals surface area contributed by atoms with Crippen LogP contribution in [0.3, 0.4) is 0 Å². The van der Waals surface area contributed by atoms with Gasteiger partial charge in [0.2, 0.25) is 0 Å². The molecule has 0 bridgehead atoms. The van der Waals surface area contributed by atoms with Gasteiger partial charge in [0.05, 0.1) is 31.9 Å². The molecule has 0 saturated carbocycles. The van der Waals surface area contributed by atoms with Crippen LogP contribution >= 0.6 is 11.6 Å². The Morgan fingerprint density at radius 1 is 1.00 bits per heavy atom. The van der Waals surface area contributed by atoms with Gasteiger partial charge in [-0.25, -0.2) is 0 Å². The van der Waals surface area contributed by atoms with Crippen molar-refractivity contribution in [1.82, 2.24) is 0 Å². The third-order valence-corrected chi connectivity index (χ3v) is 3.66. The number of benzene rings is 2. The van der Waals surface area contributed by atoms with E-state index in [0.29, 0.717) is 33.4 Å². The SMILES string of the molecule is COc1ccc(C=CC(=O)c2cc(Cl)c(OC)cc2OC)cc1O. The highest BCUT2D eigenvalue weighted by Crippen LogP contribution is 2.33. The summed E-state index contributed by atoms with van der Waals surface area (Å²) in [7, 11) is 4.41. The molecule has 2 rings (SSSR count). The second kappa shape index (κ2) is 7.75. The first-order chi connectivity index (χ1) is 11.5. The number of aromatic hydroxyl groups is 1. The van der Waals surface area contributed by atoms with E-state index >= 15 is 0 Å². The van der Waals surface area contributed by atoms with Crippen molar-refractivity contribution >= 4 is 23.5 Å². The van der Waals surface area contributed by atoms with Crippen molar-refractivity contribution in [2.75, 3.05) is 21.3 Å². The summed E-state index contributed by atoms with van der Waals surface area (Å²) in [5.74, 6) is 0.864. The van der Waals surface area contributed by atoms with Crippen LogP contribution in [-0.4, -0.2) is 32.2 Å². The zero-order valence-electron chi connectivity index (χ0n) is 13.5. The number of carbonyl (C=O) groups excluding carboxylic acids is 1. The third-order valence-electron chi connectivity index (χ3n) is 3.37. The first-order valence-electron chi connectivity index (χ1n) is 7.01. The van der Waals surface area contributed by atoms with Crippen molar-refractivity contribution in [2.45, 2.75) is 0 Å². The molecular weight excluding hydrogens is 332 g/mol. The molecule has 2 aromatic rings. The summed E-state index contributed by atoms with van der Waals surface area (Å²) in [6.45, 7) is 0. The number of hydrogen-bond acceptors (Lipinski definition) is 5. The summed E-state index contributed by atoms with van der Waals surface area (Å²) in [5, 5.41) is 10.1. The van der Waals surface area contributed by atoms with Crippen molar-refractivity contribution in [2.24, 2.45) is 0 Å². The molecule has 1 N–H and O–H groups in total. The average Bonchev–Trinajstić information content (AvgIpc) is 2.59. The first kappa shape index (κ1) is 17.7. The molecule has 0 aromatic heterocycles. The van der Waals surface area contributed by atoms with Crippen LogP contribution in [0.25, 0.3) is 6.08 Å². The molecule has 0 heterocycles. The molecule has 0 saturated heterocycles. The van der Waals surface area contributed by atoms with Crippen LogP contribution in [0.4, 0.5) is 0 Å². The molecule has 0 aliphatic heterocycles. The fraction of sp³-hybridized carbons (Fsp3) is 0.167. The van der Waals surface area contributed by atoms with Crippen molar-refractivity contribution in [3.05, 3.63) is 52.6 Å². The Labute approximate surface area is 145 Å². The highest BCUT2D eigenvalue weighted by molar-refractivity contribution is 6.32. The molecule has 24 heavy (non-hydrogen) atoms. The van der Waals surface area contributed by atoms with Crippen LogP contribution in [0.15, 0.2) is 36.4 Å². The molecular formula is C18H17ClO5. The van der Waals surface area contributed by atoms with E-state index in [2.05, 4.69) is 0 Å². The van der Waals surface area contributed by atoms with E-state index in [1.807, 2.05) is 0 Å². The van der Waals surface area contributed by atoms with Crippen molar-refractivity contribution in [3.8, 4) is 23.0 Å². The summed E-state index contributed by atoms with van der Waals surface area (Å²) in [5.41, 5.74) is 0.970. The van der Waals surface area contributed by atoms with Gasteiger partial charge in [-0.05, 0) is 29.8 Å². The van der Waals surface area contributed by atoms with E-state index in [9.17, 15) is 9.90 Å². The minimum Gasteiger partial charge on any atom is -0.504 e. The van der Waals surface area contributed by atoms with Crippen molar-refractivity contribution in [1.29, 1.82) is 0 Å². The lowest BCUT2D eigenvalue weighted by Gasteiger charge is -2.10. The van der Waals surface area contributed by atoms with E-state index < -0.39 is 0 Å². The normalized spacial score (nSPS) is 10.7. The molecule has 6 heteroatoms. The molecule has 0 radical (unpaired) electrons. The van der Waals surface area contributed by atoms with Gasteiger partial charge in [0, 0.05) is 6.07 Å². The predicted molar refractivity (Wildman–Crippen MR) is 92.6 cm³/mol. The fourth-order valence-corrected chi connectivity index (χ4v) is 2.37. The number of hydrogen-bond donors (Lipinski definition) is 1. The molecule has 5 nitrogen and oxygen atoms in total. The summed E-state index contributed by atoms with van der Waals surface area (Å²) < 4.78 is 15.3. The van der Waals surface area contributed by atoms with Crippen molar-refractivity contribution < 1.29 is 24.1 Å². The lowest BCUT2D eigenvalue weighted by Crippen LogP contribution is -2.00. The molecule has 0 unspecified atom stereocenters. The van der Waals surface area contributed by atoms with Gasteiger partial charge in [-0.15, -0.1) is 0 Å². The van der Waals surface area contributed by atoms with Gasteiger partial charge in [-0.2, -0.15) is 0 Å². The van der Waals surface area contributed by atoms with E-state index in [-0.39, 0.29) is 11.5 Å². The minimum atomic E-state index is -0.285. The van der Waals surface area contributed by atoms with Gasteiger partial charge in [0.1, 0.15) is 11.5 Å². The quantitative estimate of drug-likeness (QED) is 0.632. The predicted octanol–water partition coefficient (Wildman–Crippen LogP) is 3.97. The number of ketones is 1. The first-order valence-corrected chi connectivity index (χ1v) is 7.39. The van der Waals surface area contributed by atoms with Crippen LogP contribution < -0.4 is 14.2 Å². The maximum Gasteiger partial charge on any atom is 0.189 e. The maximum atomic E-state index is 12.4. The molecule has 0 aliphatic carbocycles. The molecule has 126 valence electrons. The Bertz CT molecular complexity index is 783. The standard InChI is InChI=1S/C18H17ClO5/c1-22-16-7-5-11(8-15(16)21)4-6-14(20)12-9-13(19)18(24-3)10-17(12)23-2/h4-10,21H,1-3H3. The molecule has 0 aliphatic rings. The largest absolute Gasteiger partial charge is 0.504 e. The summed E-state index contributed by atoms with van der Waals surface area (Å²) >= 11 is 6.07. The number of phenols is 1. The van der Waals surface area contributed by atoms with Crippen LogP contribution in [0, 0.1) is 0 Å². The molecule has 0 fully saturated rings. The van der Waals surface area contributed by atoms with Gasteiger partial charge in [0.15, 0.2) is 17.3 Å². The zero-order valence-corrected chi connectivity index (χ0v) is 14.3. The third kappa shape index (κ3) is 3.81. The van der Waals surface area contributed by atoms with Gasteiger partial charge in [-0.3, -0.25) is 4.79 Å². The average molecular weight is 349 g/mol. The molecule has 0 amide bonds. The summed E-state index contributed by atoms with van der Waals surface area (Å²) in [6, 6.07) is 7.89. The zero-order chi connectivity index (χ0) is 17.7. The minimum absolute atomic E-state index is 0.00262. The number of rotatable bonds is 6. The van der Waals surface area contributed by atoms with Crippen LogP contribution in [-0.2, 0) is 0 Å². The monoisotopic (exact) mass is 348 g/mol. The van der Waals surface area contributed by atoms with Gasteiger partial charge < -0.3 is 19.3 Å². The lowest BCUT2D eigenvalue weighted by molar-refractivity contribution is 0.104. The maximum absolute atomic E-state index is 12.4. The lowest BCUT2D eigenvalue weighted by atomic mass is 10.1. The number of allylic oxidation sites excluding steroid dienone is 1. The van der Waals surface area contributed by atoms with Crippen LogP contribution in [0.2, 0.25) is 5.02 Å². The smallest absolute Gasteiger partial charge is 0.189 e. The second-order valence-corrected chi connectivity index (χ2v) is 5.22. The fourth-order valence-electron chi connectivity index (χ4n) is 2.12. The Hall–Kier alpha value is -2.66. The highest BCUT2D eigenvalue weighted by atomic mass is 35.5. The van der Waals surface area contributed by atoms with Gasteiger partial charge in [0.25, 0.3) is 0 Å². The Morgan fingerprint density at radius 2 is 1.67 bits per heavy atom. The van der Waals surface area contributed by atoms with Crippen LogP contribution in [0.5, 0.6) is 23.0 Å². The van der Waals surface area contributed by atoms with E-state index in [0.717, 1.165) is 0 Å². The van der Waals surface area contributed by atoms with Crippen molar-refractivity contribution in [3.63, 3.8) is 0 Å². The molecule has 0 atom stereocenters. The highest BCUT2D eigenvalue weighted by Gasteiger charge is 2.14. The number of phenolic OH excluding ortho intramolecular Hbond substituents is 1. The van der Waals surface area contributed by atoms with E-state index in [1.54, 1.807) is 24.3 Å². The summed E-state index contributed by atoms with van der Waals surface area (Å²) in [6.07, 6.45) is 2.96. The van der Waals surface area contributed by atoms with E-state index in [1.165, 1.54) is 39.5 Å².